The smallest absolute Gasteiger partial charge is 0.133 e. The summed E-state index contributed by atoms with van der Waals surface area (Å²) in [6.45, 7) is 0. The van der Waals surface area contributed by atoms with Gasteiger partial charge in [0.25, 0.3) is 0 Å². The van der Waals surface area contributed by atoms with Gasteiger partial charge >= 0.3 is 0 Å². The lowest BCUT2D eigenvalue weighted by atomic mass is 10.3. The molecule has 3 rings (SSSR count). The predicted molar refractivity (Wildman–Crippen MR) is 50.6 cm³/mol. The van der Waals surface area contributed by atoms with Crippen molar-refractivity contribution in [3.8, 4) is 11.4 Å². The zero-order valence-corrected chi connectivity index (χ0v) is 7.25. The van der Waals surface area contributed by atoms with Gasteiger partial charge in [-0.2, -0.15) is 15.4 Å². The van der Waals surface area contributed by atoms with Gasteiger partial charge in [-0.3, -0.25) is 0 Å². The first kappa shape index (κ1) is 7.25. The summed E-state index contributed by atoms with van der Waals surface area (Å²) in [7, 11) is 0. The second-order valence-electron chi connectivity index (χ2n) is 2.94. The first-order valence-electron chi connectivity index (χ1n) is 4.23. The van der Waals surface area contributed by atoms with E-state index >= 15 is 0 Å². The molecule has 3 aromatic rings. The van der Waals surface area contributed by atoms with Gasteiger partial charge in [0, 0.05) is 6.20 Å². The first-order chi connectivity index (χ1) is 6.95. The van der Waals surface area contributed by atoms with Gasteiger partial charge < -0.3 is 4.40 Å². The number of aromatic amines is 1. The van der Waals surface area contributed by atoms with Crippen molar-refractivity contribution in [2.24, 2.45) is 0 Å². The third-order valence-corrected chi connectivity index (χ3v) is 2.10. The van der Waals surface area contributed by atoms with E-state index < -0.39 is 0 Å². The molecule has 3 heterocycles. The Labute approximate surface area is 79.4 Å². The Bertz CT molecular complexity index is 551. The molecule has 0 aliphatic rings. The topological polar surface area (TPSA) is 58.9 Å². The third kappa shape index (κ3) is 0.922. The van der Waals surface area contributed by atoms with E-state index in [9.17, 15) is 0 Å². The van der Waals surface area contributed by atoms with Crippen molar-refractivity contribution in [1.29, 1.82) is 0 Å². The van der Waals surface area contributed by atoms with Crippen molar-refractivity contribution in [2.75, 3.05) is 0 Å². The zero-order chi connectivity index (χ0) is 9.38. The van der Waals surface area contributed by atoms with Crippen LogP contribution in [-0.4, -0.2) is 24.8 Å². The number of hydrogen-bond donors (Lipinski definition) is 1. The number of aromatic nitrogens is 5. The molecule has 5 heteroatoms. The Morgan fingerprint density at radius 1 is 1.29 bits per heavy atom. The lowest BCUT2D eigenvalue weighted by Gasteiger charge is -1.92. The van der Waals surface area contributed by atoms with E-state index in [1.807, 2.05) is 28.8 Å². The number of fused-ring (bicyclic) bond motifs is 1. The van der Waals surface area contributed by atoms with Crippen molar-refractivity contribution >= 4 is 5.52 Å². The number of imidazole rings is 1. The predicted octanol–water partition coefficient (Wildman–Crippen LogP) is 1.12. The molecule has 0 atom stereocenters. The van der Waals surface area contributed by atoms with E-state index in [0.717, 1.165) is 16.9 Å². The summed E-state index contributed by atoms with van der Waals surface area (Å²) in [5.74, 6) is 0. The van der Waals surface area contributed by atoms with Crippen LogP contribution >= 0.6 is 0 Å². The van der Waals surface area contributed by atoms with E-state index in [-0.39, 0.29) is 0 Å². The minimum atomic E-state index is 0.763. The van der Waals surface area contributed by atoms with Gasteiger partial charge in [0.15, 0.2) is 0 Å². The molecule has 0 aliphatic carbocycles. The van der Waals surface area contributed by atoms with Gasteiger partial charge in [-0.1, -0.05) is 6.07 Å². The van der Waals surface area contributed by atoms with Gasteiger partial charge in [-0.05, 0) is 12.1 Å². The zero-order valence-electron chi connectivity index (χ0n) is 7.25. The molecule has 0 aliphatic heterocycles. The van der Waals surface area contributed by atoms with Crippen molar-refractivity contribution < 1.29 is 0 Å². The highest BCUT2D eigenvalue weighted by atomic mass is 15.3. The normalized spacial score (nSPS) is 10.9. The van der Waals surface area contributed by atoms with Gasteiger partial charge in [-0.25, -0.2) is 4.98 Å². The maximum absolute atomic E-state index is 4.28. The van der Waals surface area contributed by atoms with Gasteiger partial charge in [0.05, 0.1) is 11.7 Å². The molecule has 0 spiro atoms. The van der Waals surface area contributed by atoms with E-state index in [0.29, 0.717) is 0 Å². The molecule has 0 aromatic carbocycles. The average Bonchev–Trinajstić information content (AvgIpc) is 2.85. The highest BCUT2D eigenvalue weighted by molar-refractivity contribution is 5.73. The van der Waals surface area contributed by atoms with Crippen molar-refractivity contribution in [1.82, 2.24) is 24.8 Å². The largest absolute Gasteiger partial charge is 0.306 e. The van der Waals surface area contributed by atoms with Crippen LogP contribution in [-0.2, 0) is 0 Å². The molecule has 1 N–H and O–H groups in total. The van der Waals surface area contributed by atoms with Crippen LogP contribution in [0.4, 0.5) is 0 Å². The molecule has 0 bridgehead atoms. The summed E-state index contributed by atoms with van der Waals surface area (Å²) in [5, 5.41) is 10.3. The van der Waals surface area contributed by atoms with Gasteiger partial charge in [0.1, 0.15) is 17.7 Å². The van der Waals surface area contributed by atoms with Crippen LogP contribution < -0.4 is 0 Å². The van der Waals surface area contributed by atoms with Crippen molar-refractivity contribution in [2.45, 2.75) is 0 Å². The molecule has 5 nitrogen and oxygen atoms in total. The summed E-state index contributed by atoms with van der Waals surface area (Å²) < 4.78 is 1.95. The molecule has 0 unspecified atom stereocenters. The highest BCUT2D eigenvalue weighted by Gasteiger charge is 2.07. The SMILES string of the molecule is c1ccn2cnc(-c3cn[nH]n3)c2c1. The van der Waals surface area contributed by atoms with Crippen LogP contribution in [0.15, 0.2) is 36.9 Å². The summed E-state index contributed by atoms with van der Waals surface area (Å²) in [5.41, 5.74) is 2.64. The summed E-state index contributed by atoms with van der Waals surface area (Å²) in [4.78, 5) is 4.28. The van der Waals surface area contributed by atoms with Gasteiger partial charge in [-0.15, -0.1) is 0 Å². The van der Waals surface area contributed by atoms with Crippen molar-refractivity contribution in [3.63, 3.8) is 0 Å². The molecule has 68 valence electrons. The fraction of sp³-hybridized carbons (Fsp3) is 0. The minimum Gasteiger partial charge on any atom is -0.306 e. The van der Waals surface area contributed by atoms with Gasteiger partial charge in [0.2, 0.25) is 0 Å². The third-order valence-electron chi connectivity index (χ3n) is 2.10. The molecule has 0 fully saturated rings. The molecule has 14 heavy (non-hydrogen) atoms. The quantitative estimate of drug-likeness (QED) is 0.618. The van der Waals surface area contributed by atoms with Crippen LogP contribution in [0.3, 0.4) is 0 Å². The van der Waals surface area contributed by atoms with Crippen molar-refractivity contribution in [3.05, 3.63) is 36.9 Å². The van der Waals surface area contributed by atoms with Crippen LogP contribution in [0, 0.1) is 0 Å². The monoisotopic (exact) mass is 185 g/mol. The maximum Gasteiger partial charge on any atom is 0.133 e. The second kappa shape index (κ2) is 2.66. The van der Waals surface area contributed by atoms with Crippen LogP contribution in [0.2, 0.25) is 0 Å². The van der Waals surface area contributed by atoms with E-state index in [1.54, 1.807) is 12.5 Å². The van der Waals surface area contributed by atoms with Crippen LogP contribution in [0.1, 0.15) is 0 Å². The number of H-pyrrole nitrogens is 1. The maximum atomic E-state index is 4.28. The number of pyridine rings is 1. The molecule has 0 amide bonds. The molecular weight excluding hydrogens is 178 g/mol. The Balaban J connectivity index is 2.33. The number of nitrogens with one attached hydrogen (secondary N) is 1. The molecule has 3 aromatic heterocycles. The molecule has 0 saturated carbocycles. The molecule has 0 radical (unpaired) electrons. The summed E-state index contributed by atoms with van der Waals surface area (Å²) >= 11 is 0. The highest BCUT2D eigenvalue weighted by Crippen LogP contribution is 2.19. The fourth-order valence-corrected chi connectivity index (χ4v) is 1.46. The Kier molecular flexibility index (Phi) is 1.38. The standard InChI is InChI=1S/C9H7N5/c1-2-4-14-6-10-9(8(14)3-1)7-5-11-13-12-7/h1-6H,(H,11,12,13). The lowest BCUT2D eigenvalue weighted by Crippen LogP contribution is -1.81. The minimum absolute atomic E-state index is 0.763. The average molecular weight is 185 g/mol. The van der Waals surface area contributed by atoms with E-state index in [4.69, 9.17) is 0 Å². The van der Waals surface area contributed by atoms with Crippen LogP contribution in [0.5, 0.6) is 0 Å². The number of nitrogens with zero attached hydrogens (tertiary/aromatic N) is 4. The second-order valence-corrected chi connectivity index (χ2v) is 2.94. The Morgan fingerprint density at radius 3 is 3.14 bits per heavy atom. The fourth-order valence-electron chi connectivity index (χ4n) is 1.46. The number of rotatable bonds is 1. The molecule has 0 saturated heterocycles. The summed E-state index contributed by atoms with van der Waals surface area (Å²) in [6, 6.07) is 5.93. The van der Waals surface area contributed by atoms with E-state index in [2.05, 4.69) is 20.4 Å². The Morgan fingerprint density at radius 2 is 2.29 bits per heavy atom. The molecular formula is C9H7N5. The lowest BCUT2D eigenvalue weighted by molar-refractivity contribution is 0.941. The summed E-state index contributed by atoms with van der Waals surface area (Å²) in [6.07, 6.45) is 5.38. The Hall–Kier alpha value is -2.17. The first-order valence-corrected chi connectivity index (χ1v) is 4.23. The van der Waals surface area contributed by atoms with E-state index in [1.165, 1.54) is 0 Å². The number of hydrogen-bond acceptors (Lipinski definition) is 3. The van der Waals surface area contributed by atoms with Crippen LogP contribution in [0.25, 0.3) is 16.9 Å².